The Balaban J connectivity index is 1.28. The van der Waals surface area contributed by atoms with Gasteiger partial charge in [-0.1, -0.05) is 24.3 Å². The number of carboxylic acids is 1. The number of carboxylic acid groups (broad SMARTS) is 1. The van der Waals surface area contributed by atoms with E-state index in [0.29, 0.717) is 17.0 Å². The number of nitrogens with zero attached hydrogens (tertiary/aromatic N) is 5. The monoisotopic (exact) mass is 565 g/mol. The van der Waals surface area contributed by atoms with Gasteiger partial charge in [-0.05, 0) is 48.6 Å². The number of benzene rings is 2. The average molecular weight is 566 g/mol. The number of hydrogen-bond acceptors (Lipinski definition) is 8. The molecule has 2 fully saturated rings. The topological polar surface area (TPSA) is 107 Å². The summed E-state index contributed by atoms with van der Waals surface area (Å²) < 4.78 is 42.3. The van der Waals surface area contributed by atoms with Crippen molar-refractivity contribution in [2.45, 2.75) is 43.9 Å². The van der Waals surface area contributed by atoms with E-state index < -0.39 is 30.4 Å². The van der Waals surface area contributed by atoms with Gasteiger partial charge in [-0.2, -0.15) is 16.7 Å². The number of halogens is 2. The molecule has 206 valence electrons. The number of imidazole rings is 1. The van der Waals surface area contributed by atoms with Gasteiger partial charge >= 0.3 is 5.97 Å². The molecule has 2 saturated heterocycles. The normalized spacial score (nSPS) is 20.3. The molecule has 40 heavy (non-hydrogen) atoms. The molecule has 2 aliphatic heterocycles. The molecule has 12 heteroatoms. The Morgan fingerprint density at radius 2 is 1.85 bits per heavy atom. The molecule has 1 N–H and O–H groups in total. The molecule has 0 bridgehead atoms. The van der Waals surface area contributed by atoms with Gasteiger partial charge in [0.05, 0.1) is 17.6 Å². The molecule has 2 aromatic carbocycles. The van der Waals surface area contributed by atoms with Gasteiger partial charge in [0.15, 0.2) is 17.2 Å². The van der Waals surface area contributed by atoms with E-state index in [2.05, 4.69) is 14.5 Å². The van der Waals surface area contributed by atoms with E-state index >= 15 is 0 Å². The molecule has 0 aliphatic carbocycles. The molecule has 5 aromatic rings. The van der Waals surface area contributed by atoms with Crippen molar-refractivity contribution in [3.63, 3.8) is 0 Å². The number of hydrogen-bond donors (Lipinski definition) is 1. The molecule has 0 radical (unpaired) electrons. The summed E-state index contributed by atoms with van der Waals surface area (Å²) in [6.07, 6.45) is -1.43. The number of rotatable bonds is 6. The van der Waals surface area contributed by atoms with Crippen LogP contribution in [0.1, 0.15) is 37.6 Å². The van der Waals surface area contributed by atoms with Gasteiger partial charge in [-0.3, -0.25) is 4.57 Å². The van der Waals surface area contributed by atoms with E-state index in [4.69, 9.17) is 14.1 Å². The van der Waals surface area contributed by atoms with Crippen LogP contribution in [0.25, 0.3) is 33.1 Å². The third kappa shape index (κ3) is 4.21. The number of thioether (sulfide) groups is 1. The number of carbonyl (C=O) groups is 1. The second-order valence-corrected chi connectivity index (χ2v) is 11.3. The van der Waals surface area contributed by atoms with Gasteiger partial charge in [0.2, 0.25) is 0 Å². The standard InChI is InChI=1S/C28H25F2N5O4S/c29-24(30)25-32-22-17-5-1-4-8-21(17)39-23(22)26(33-25)34-14-16(13-20(34)27(36)37)38-28-31-18-6-2-3-7-19(18)35(28)15-9-11-40-12-10-15/h1-8,15-16,20,24H,9-14H2,(H,36,37)/t16-,20-/m0/s1. The van der Waals surface area contributed by atoms with Crippen molar-refractivity contribution in [3.05, 3.63) is 54.4 Å². The van der Waals surface area contributed by atoms with Crippen LogP contribution >= 0.6 is 11.8 Å². The Morgan fingerprint density at radius 1 is 1.07 bits per heavy atom. The van der Waals surface area contributed by atoms with E-state index in [1.807, 2.05) is 36.0 Å². The van der Waals surface area contributed by atoms with E-state index in [9.17, 15) is 18.7 Å². The summed E-state index contributed by atoms with van der Waals surface area (Å²) in [5.74, 6) is 0.322. The highest BCUT2D eigenvalue weighted by Crippen LogP contribution is 2.39. The first kappa shape index (κ1) is 25.1. The number of ether oxygens (including phenoxy) is 1. The van der Waals surface area contributed by atoms with Crippen LogP contribution in [0.15, 0.2) is 52.9 Å². The Morgan fingerprint density at radius 3 is 2.65 bits per heavy atom. The highest BCUT2D eigenvalue weighted by atomic mass is 32.2. The summed E-state index contributed by atoms with van der Waals surface area (Å²) in [6, 6.07) is 14.4. The fraction of sp³-hybridized carbons (Fsp3) is 0.357. The number of alkyl halides is 2. The Bertz CT molecular complexity index is 1730. The molecule has 7 rings (SSSR count). The number of aliphatic carboxylic acids is 1. The largest absolute Gasteiger partial charge is 0.480 e. The first-order valence-electron chi connectivity index (χ1n) is 13.2. The minimum absolute atomic E-state index is 0.0211. The van der Waals surface area contributed by atoms with Crippen LogP contribution in [0.2, 0.25) is 0 Å². The second-order valence-electron chi connectivity index (χ2n) is 10.1. The van der Waals surface area contributed by atoms with Crippen molar-refractivity contribution in [3.8, 4) is 6.01 Å². The number of para-hydroxylation sites is 3. The van der Waals surface area contributed by atoms with Crippen molar-refractivity contribution in [1.82, 2.24) is 19.5 Å². The lowest BCUT2D eigenvalue weighted by Gasteiger charge is -2.26. The molecule has 5 heterocycles. The van der Waals surface area contributed by atoms with Gasteiger partial charge < -0.3 is 19.2 Å². The van der Waals surface area contributed by atoms with Gasteiger partial charge in [-0.15, -0.1) is 0 Å². The molecular formula is C28H25F2N5O4S. The number of fused-ring (bicyclic) bond motifs is 4. The van der Waals surface area contributed by atoms with Gasteiger partial charge in [-0.25, -0.2) is 23.5 Å². The van der Waals surface area contributed by atoms with Crippen molar-refractivity contribution < 1.29 is 27.8 Å². The molecule has 2 aliphatic rings. The molecular weight excluding hydrogens is 540 g/mol. The Hall–Kier alpha value is -3.93. The molecule has 0 saturated carbocycles. The maximum Gasteiger partial charge on any atom is 0.326 e. The van der Waals surface area contributed by atoms with Gasteiger partial charge in [0.1, 0.15) is 23.2 Å². The summed E-state index contributed by atoms with van der Waals surface area (Å²) in [4.78, 5) is 26.8. The third-order valence-electron chi connectivity index (χ3n) is 7.63. The van der Waals surface area contributed by atoms with Crippen molar-refractivity contribution in [1.29, 1.82) is 0 Å². The average Bonchev–Trinajstić information content (AvgIpc) is 3.66. The zero-order chi connectivity index (χ0) is 27.4. The summed E-state index contributed by atoms with van der Waals surface area (Å²) in [5.41, 5.74) is 2.63. The van der Waals surface area contributed by atoms with Crippen LogP contribution in [0.5, 0.6) is 6.01 Å². The summed E-state index contributed by atoms with van der Waals surface area (Å²) in [5, 5.41) is 10.7. The lowest BCUT2D eigenvalue weighted by atomic mass is 10.1. The van der Waals surface area contributed by atoms with Crippen molar-refractivity contribution >= 4 is 56.7 Å². The lowest BCUT2D eigenvalue weighted by molar-refractivity contribution is -0.138. The predicted molar refractivity (Wildman–Crippen MR) is 147 cm³/mol. The van der Waals surface area contributed by atoms with E-state index in [1.165, 1.54) is 4.90 Å². The van der Waals surface area contributed by atoms with Crippen LogP contribution < -0.4 is 9.64 Å². The zero-order valence-electron chi connectivity index (χ0n) is 21.2. The molecule has 0 amide bonds. The molecule has 9 nitrogen and oxygen atoms in total. The van der Waals surface area contributed by atoms with Crippen LogP contribution in [-0.2, 0) is 4.79 Å². The molecule has 3 aromatic heterocycles. The van der Waals surface area contributed by atoms with Crippen LogP contribution in [-0.4, -0.2) is 60.8 Å². The van der Waals surface area contributed by atoms with Crippen molar-refractivity contribution in [2.24, 2.45) is 0 Å². The van der Waals surface area contributed by atoms with Gasteiger partial charge in [0.25, 0.3) is 12.4 Å². The first-order chi connectivity index (χ1) is 19.5. The predicted octanol–water partition coefficient (Wildman–Crippen LogP) is 5.84. The molecule has 0 spiro atoms. The Labute approximate surface area is 231 Å². The summed E-state index contributed by atoms with van der Waals surface area (Å²) in [6.45, 7) is 0.104. The first-order valence-corrected chi connectivity index (χ1v) is 14.3. The zero-order valence-corrected chi connectivity index (χ0v) is 22.1. The SMILES string of the molecule is O=C(O)[C@@H]1C[C@H](Oc2nc3ccccc3n2C2CCSCC2)CN1c1nc(C(F)F)nc2c1oc1ccccc12. The number of anilines is 1. The maximum atomic E-state index is 13.9. The van der Waals surface area contributed by atoms with E-state index in [0.717, 1.165) is 35.4 Å². The van der Waals surface area contributed by atoms with E-state index in [1.54, 1.807) is 24.3 Å². The third-order valence-corrected chi connectivity index (χ3v) is 8.67. The van der Waals surface area contributed by atoms with Gasteiger partial charge in [0, 0.05) is 17.8 Å². The highest BCUT2D eigenvalue weighted by Gasteiger charge is 2.42. The number of furan rings is 1. The number of aromatic nitrogens is 4. The Kier molecular flexibility index (Phi) is 6.21. The van der Waals surface area contributed by atoms with E-state index in [-0.39, 0.29) is 35.9 Å². The fourth-order valence-electron chi connectivity index (χ4n) is 5.79. The second kappa shape index (κ2) is 9.92. The molecule has 0 unspecified atom stereocenters. The molecule has 2 atom stereocenters. The minimum atomic E-state index is -2.94. The quantitative estimate of drug-likeness (QED) is 0.272. The summed E-state index contributed by atoms with van der Waals surface area (Å²) >= 11 is 1.93. The van der Waals surface area contributed by atoms with Crippen molar-refractivity contribution in [2.75, 3.05) is 23.0 Å². The van der Waals surface area contributed by atoms with Crippen LogP contribution in [0, 0.1) is 0 Å². The van der Waals surface area contributed by atoms with Crippen LogP contribution in [0.4, 0.5) is 14.6 Å². The highest BCUT2D eigenvalue weighted by molar-refractivity contribution is 7.99. The smallest absolute Gasteiger partial charge is 0.326 e. The lowest BCUT2D eigenvalue weighted by Crippen LogP contribution is -2.37. The summed E-state index contributed by atoms with van der Waals surface area (Å²) in [7, 11) is 0. The van der Waals surface area contributed by atoms with Crippen LogP contribution in [0.3, 0.4) is 0 Å². The minimum Gasteiger partial charge on any atom is -0.480 e. The maximum absolute atomic E-state index is 13.9. The fourth-order valence-corrected chi connectivity index (χ4v) is 6.87.